The minimum absolute atomic E-state index is 0.125. The quantitative estimate of drug-likeness (QED) is 0.296. The summed E-state index contributed by atoms with van der Waals surface area (Å²) >= 11 is 1.26. The number of amides is 1. The zero-order valence-electron chi connectivity index (χ0n) is 23.3. The Morgan fingerprint density at radius 1 is 1.10 bits per heavy atom. The molecule has 2 heterocycles. The highest BCUT2D eigenvalue weighted by Crippen LogP contribution is 2.41. The van der Waals surface area contributed by atoms with E-state index in [0.717, 1.165) is 22.2 Å². The minimum Gasteiger partial charge on any atom is -0.497 e. The van der Waals surface area contributed by atoms with Crippen molar-refractivity contribution < 1.29 is 28.5 Å². The molecule has 0 radical (unpaired) electrons. The fourth-order valence-electron chi connectivity index (χ4n) is 4.56. The Balaban J connectivity index is 1.44. The van der Waals surface area contributed by atoms with Crippen LogP contribution in [0.25, 0.3) is 10.9 Å². The predicted octanol–water partition coefficient (Wildman–Crippen LogP) is 4.12. The van der Waals surface area contributed by atoms with Gasteiger partial charge in [-0.15, -0.1) is 0 Å². The van der Waals surface area contributed by atoms with Gasteiger partial charge in [-0.2, -0.15) is 0 Å². The van der Waals surface area contributed by atoms with E-state index < -0.39 is 12.0 Å². The topological polar surface area (TPSA) is 123 Å². The van der Waals surface area contributed by atoms with Crippen LogP contribution in [0.4, 0.5) is 0 Å². The number of aliphatic imine (C=N–C) groups is 1. The van der Waals surface area contributed by atoms with Crippen molar-refractivity contribution in [3.05, 3.63) is 65.0 Å². The van der Waals surface area contributed by atoms with Crippen LogP contribution in [0, 0.1) is 0 Å². The molecule has 0 spiro atoms. The molecule has 1 aliphatic heterocycles. The maximum atomic E-state index is 12.9. The number of hydrogen-bond acceptors (Lipinski definition) is 9. The van der Waals surface area contributed by atoms with E-state index >= 15 is 0 Å². The highest BCUT2D eigenvalue weighted by Gasteiger charge is 2.33. The summed E-state index contributed by atoms with van der Waals surface area (Å²) < 4.78 is 21.7. The van der Waals surface area contributed by atoms with Crippen molar-refractivity contribution in [2.45, 2.75) is 26.3 Å². The third kappa shape index (κ3) is 6.36. The van der Waals surface area contributed by atoms with E-state index in [9.17, 15) is 9.59 Å². The van der Waals surface area contributed by atoms with Crippen LogP contribution >= 0.6 is 11.8 Å². The van der Waals surface area contributed by atoms with E-state index in [2.05, 4.69) is 15.6 Å². The molecule has 10 nitrogen and oxygen atoms in total. The van der Waals surface area contributed by atoms with Crippen molar-refractivity contribution in [3.63, 3.8) is 0 Å². The molecule has 0 saturated heterocycles. The van der Waals surface area contributed by atoms with Gasteiger partial charge in [0, 0.05) is 34.9 Å². The summed E-state index contributed by atoms with van der Waals surface area (Å²) in [7, 11) is 4.73. The average Bonchev–Trinajstić information content (AvgIpc) is 3.37. The van der Waals surface area contributed by atoms with E-state index in [4.69, 9.17) is 23.9 Å². The Labute approximate surface area is 237 Å². The maximum Gasteiger partial charge on any atom is 0.338 e. The first-order valence-electron chi connectivity index (χ1n) is 12.9. The highest BCUT2D eigenvalue weighted by molar-refractivity contribution is 8.14. The molecule has 1 aromatic heterocycles. The second-order valence-electron chi connectivity index (χ2n) is 8.92. The molecule has 3 aromatic rings. The van der Waals surface area contributed by atoms with Crippen LogP contribution < -0.4 is 24.8 Å². The molecule has 1 unspecified atom stereocenters. The number of methoxy groups -OCH3 is 3. The van der Waals surface area contributed by atoms with Gasteiger partial charge in [0.25, 0.3) is 0 Å². The number of benzene rings is 2. The van der Waals surface area contributed by atoms with Gasteiger partial charge in [-0.25, -0.2) is 9.79 Å². The number of amidine groups is 1. The number of thioether (sulfide) groups is 1. The second kappa shape index (κ2) is 13.3. The standard InChI is InChI=1S/C29H34N4O6S/c1-6-39-28(35)25-17(2)32-29(33-26(25)20-8-7-9-23(37-4)27(20)38-5)40-16-24(34)30-13-12-18-15-31-22-11-10-19(36-3)14-21(18)22/h7-11,14-15,26,31H,6,12-13,16H2,1-5H3,(H,30,34)(H,32,33). The van der Waals surface area contributed by atoms with Gasteiger partial charge >= 0.3 is 5.97 Å². The lowest BCUT2D eigenvalue weighted by Gasteiger charge is -2.27. The number of aromatic amines is 1. The fourth-order valence-corrected chi connectivity index (χ4v) is 5.33. The monoisotopic (exact) mass is 566 g/mol. The molecule has 1 aliphatic rings. The van der Waals surface area contributed by atoms with Crippen molar-refractivity contribution in [1.82, 2.24) is 15.6 Å². The normalized spacial score (nSPS) is 14.8. The van der Waals surface area contributed by atoms with Crippen LogP contribution in [-0.4, -0.2) is 62.3 Å². The van der Waals surface area contributed by atoms with E-state index in [1.54, 1.807) is 41.2 Å². The Bertz CT molecular complexity index is 1450. The van der Waals surface area contributed by atoms with Crippen molar-refractivity contribution in [2.24, 2.45) is 4.99 Å². The number of aromatic nitrogens is 1. The lowest BCUT2D eigenvalue weighted by atomic mass is 9.95. The number of nitrogens with one attached hydrogen (secondary N) is 3. The number of fused-ring (bicyclic) bond motifs is 1. The first kappa shape index (κ1) is 28.9. The van der Waals surface area contributed by atoms with Crippen LogP contribution in [0.2, 0.25) is 0 Å². The summed E-state index contributed by atoms with van der Waals surface area (Å²) in [6.07, 6.45) is 2.63. The summed E-state index contributed by atoms with van der Waals surface area (Å²) in [4.78, 5) is 33.6. The number of allylic oxidation sites excluding steroid dienone is 1. The van der Waals surface area contributed by atoms with E-state index in [1.165, 1.54) is 11.8 Å². The molecule has 2 aromatic carbocycles. The van der Waals surface area contributed by atoms with Gasteiger partial charge in [-0.1, -0.05) is 23.9 Å². The molecule has 0 aliphatic carbocycles. The Morgan fingerprint density at radius 3 is 2.65 bits per heavy atom. The Kier molecular flexibility index (Phi) is 9.60. The summed E-state index contributed by atoms with van der Waals surface area (Å²) in [5.74, 6) is 1.35. The number of ether oxygens (including phenoxy) is 4. The van der Waals surface area contributed by atoms with Gasteiger partial charge in [0.2, 0.25) is 5.91 Å². The number of nitrogens with zero attached hydrogens (tertiary/aromatic N) is 1. The van der Waals surface area contributed by atoms with Gasteiger partial charge in [0.15, 0.2) is 16.7 Å². The Hall–Kier alpha value is -4.12. The van der Waals surface area contributed by atoms with Crippen LogP contribution in [0.15, 0.2) is 58.9 Å². The number of hydrogen-bond donors (Lipinski definition) is 3. The molecule has 0 fully saturated rings. The predicted molar refractivity (Wildman–Crippen MR) is 156 cm³/mol. The molecule has 0 bridgehead atoms. The molecule has 1 amide bonds. The van der Waals surface area contributed by atoms with Gasteiger partial charge in [0.05, 0.1) is 39.3 Å². The number of carbonyl (C=O) groups is 2. The van der Waals surface area contributed by atoms with Crippen LogP contribution in [-0.2, 0) is 20.7 Å². The van der Waals surface area contributed by atoms with Crippen LogP contribution in [0.5, 0.6) is 17.2 Å². The molecule has 1 atom stereocenters. The SMILES string of the molecule is CCOC(=O)C1=C(C)NC(SCC(=O)NCCc2c[nH]c3ccc(OC)cc23)=NC1c1cccc(OC)c1OC. The molecule has 40 heavy (non-hydrogen) atoms. The zero-order chi connectivity index (χ0) is 28.6. The Morgan fingerprint density at radius 2 is 1.93 bits per heavy atom. The molecule has 0 saturated carbocycles. The van der Waals surface area contributed by atoms with Crippen molar-refractivity contribution in [3.8, 4) is 17.2 Å². The smallest absolute Gasteiger partial charge is 0.338 e. The fraction of sp³-hybridized carbons (Fsp3) is 0.345. The summed E-state index contributed by atoms with van der Waals surface area (Å²) in [6.45, 7) is 4.26. The number of rotatable bonds is 11. The van der Waals surface area contributed by atoms with Crippen LogP contribution in [0.1, 0.15) is 31.0 Å². The summed E-state index contributed by atoms with van der Waals surface area (Å²) in [6, 6.07) is 10.6. The van der Waals surface area contributed by atoms with Crippen molar-refractivity contribution in [2.75, 3.05) is 40.2 Å². The minimum atomic E-state index is -0.699. The summed E-state index contributed by atoms with van der Waals surface area (Å²) in [5.41, 5.74) is 3.75. The highest BCUT2D eigenvalue weighted by atomic mass is 32.2. The summed E-state index contributed by atoms with van der Waals surface area (Å²) in [5, 5.41) is 7.72. The number of carbonyl (C=O) groups excluding carboxylic acids is 2. The van der Waals surface area contributed by atoms with E-state index in [0.29, 0.717) is 46.5 Å². The van der Waals surface area contributed by atoms with Gasteiger partial charge in [0.1, 0.15) is 11.8 Å². The molecular formula is C29H34N4O6S. The molecule has 4 rings (SSSR count). The van der Waals surface area contributed by atoms with Crippen molar-refractivity contribution >= 4 is 39.7 Å². The maximum absolute atomic E-state index is 12.9. The molecule has 212 valence electrons. The lowest BCUT2D eigenvalue weighted by Crippen LogP contribution is -2.33. The van der Waals surface area contributed by atoms with Gasteiger partial charge in [-0.05, 0) is 50.1 Å². The van der Waals surface area contributed by atoms with Gasteiger partial charge < -0.3 is 34.6 Å². The molecule has 11 heteroatoms. The first-order valence-corrected chi connectivity index (χ1v) is 13.9. The molecular weight excluding hydrogens is 532 g/mol. The molecule has 3 N–H and O–H groups in total. The number of esters is 1. The lowest BCUT2D eigenvalue weighted by molar-refractivity contribution is -0.139. The van der Waals surface area contributed by atoms with E-state index in [-0.39, 0.29) is 18.3 Å². The average molecular weight is 567 g/mol. The third-order valence-corrected chi connectivity index (χ3v) is 7.36. The van der Waals surface area contributed by atoms with Crippen LogP contribution in [0.3, 0.4) is 0 Å². The van der Waals surface area contributed by atoms with Crippen molar-refractivity contribution in [1.29, 1.82) is 0 Å². The zero-order valence-corrected chi connectivity index (χ0v) is 24.1. The first-order chi connectivity index (χ1) is 19.4. The van der Waals surface area contributed by atoms with E-state index in [1.807, 2.05) is 36.5 Å². The second-order valence-corrected chi connectivity index (χ2v) is 9.88. The third-order valence-electron chi connectivity index (χ3n) is 6.47. The largest absolute Gasteiger partial charge is 0.497 e. The number of para-hydroxylation sites is 1. The number of H-pyrrole nitrogens is 1. The van der Waals surface area contributed by atoms with Gasteiger partial charge in [-0.3, -0.25) is 4.79 Å².